The van der Waals surface area contributed by atoms with Gasteiger partial charge >= 0.3 is 0 Å². The number of nitrogens with zero attached hydrogens (tertiary/aromatic N) is 2. The molecule has 8 aromatic rings. The molecule has 0 spiro atoms. The maximum absolute atomic E-state index is 4.47. The quantitative estimate of drug-likeness (QED) is 0.144. The highest BCUT2D eigenvalue weighted by atomic mass is 15.2. The van der Waals surface area contributed by atoms with Crippen molar-refractivity contribution in [2.75, 3.05) is 0 Å². The zero-order valence-electron chi connectivity index (χ0n) is 19.4. The molecule has 0 fully saturated rings. The van der Waals surface area contributed by atoms with Crippen molar-refractivity contribution in [3.63, 3.8) is 0 Å². The smallest absolute Gasteiger partial charge is 0.0574 e. The molecule has 2 heteroatoms. The molecule has 0 N–H and O–H groups in total. The second-order valence-electron chi connectivity index (χ2n) is 9.51. The van der Waals surface area contributed by atoms with Gasteiger partial charge in [-0.3, -0.25) is 0 Å². The Bertz CT molecular complexity index is 1960. The highest BCUT2D eigenvalue weighted by Crippen LogP contribution is 2.36. The van der Waals surface area contributed by atoms with E-state index in [2.05, 4.69) is 119 Å². The fourth-order valence-electron chi connectivity index (χ4n) is 5.93. The minimum Gasteiger partial charge on any atom is -0.158 e. The monoisotopic (exact) mass is 456 g/mol. The van der Waals surface area contributed by atoms with Gasteiger partial charge < -0.3 is 0 Å². The summed E-state index contributed by atoms with van der Waals surface area (Å²) in [7, 11) is 0. The lowest BCUT2D eigenvalue weighted by Gasteiger charge is -2.12. The van der Waals surface area contributed by atoms with E-state index in [0.29, 0.717) is 0 Å². The Morgan fingerprint density at radius 1 is 0.333 bits per heavy atom. The summed E-state index contributed by atoms with van der Waals surface area (Å²) in [5, 5.41) is 24.2. The molecular weight excluding hydrogens is 436 g/mol. The van der Waals surface area contributed by atoms with Gasteiger partial charge in [-0.25, -0.2) is 0 Å². The Morgan fingerprint density at radius 3 is 1.08 bits per heavy atom. The van der Waals surface area contributed by atoms with E-state index in [-0.39, 0.29) is 0 Å². The SMILES string of the molecule is C(=NN=Cc1ccc2ccc3cccc4ccc1c2c34)c1ccc2ccc3cccc4ccc1c2c34. The number of benzene rings is 8. The molecule has 0 aliphatic carbocycles. The van der Waals surface area contributed by atoms with Gasteiger partial charge in [-0.2, -0.15) is 10.2 Å². The van der Waals surface area contributed by atoms with E-state index in [1.54, 1.807) is 0 Å². The summed E-state index contributed by atoms with van der Waals surface area (Å²) in [5.74, 6) is 0. The van der Waals surface area contributed by atoms with Gasteiger partial charge in [0.25, 0.3) is 0 Å². The van der Waals surface area contributed by atoms with Crippen LogP contribution in [-0.4, -0.2) is 12.4 Å². The molecule has 0 aliphatic rings. The minimum atomic E-state index is 1.08. The zero-order chi connectivity index (χ0) is 23.6. The largest absolute Gasteiger partial charge is 0.158 e. The normalized spacial score (nSPS) is 12.8. The van der Waals surface area contributed by atoms with Crippen LogP contribution in [0.4, 0.5) is 0 Å². The van der Waals surface area contributed by atoms with Crippen molar-refractivity contribution in [2.45, 2.75) is 0 Å². The van der Waals surface area contributed by atoms with Crippen LogP contribution in [0.15, 0.2) is 119 Å². The van der Waals surface area contributed by atoms with Crippen molar-refractivity contribution < 1.29 is 0 Å². The fourth-order valence-corrected chi connectivity index (χ4v) is 5.93. The zero-order valence-corrected chi connectivity index (χ0v) is 19.4. The van der Waals surface area contributed by atoms with Crippen LogP contribution in [0.5, 0.6) is 0 Å². The molecule has 0 aromatic heterocycles. The average molecular weight is 457 g/mol. The Labute approximate surface area is 207 Å². The van der Waals surface area contributed by atoms with Gasteiger partial charge in [-0.05, 0) is 64.6 Å². The van der Waals surface area contributed by atoms with Crippen molar-refractivity contribution in [3.8, 4) is 0 Å². The summed E-state index contributed by atoms with van der Waals surface area (Å²) in [5.41, 5.74) is 2.15. The molecular formula is C34H20N2. The van der Waals surface area contributed by atoms with Gasteiger partial charge in [0.15, 0.2) is 0 Å². The topological polar surface area (TPSA) is 24.7 Å². The fraction of sp³-hybridized carbons (Fsp3) is 0. The van der Waals surface area contributed by atoms with Crippen molar-refractivity contribution in [1.82, 2.24) is 0 Å². The molecule has 0 radical (unpaired) electrons. The third kappa shape index (κ3) is 2.73. The second kappa shape index (κ2) is 7.34. The first-order chi connectivity index (χ1) is 17.8. The maximum atomic E-state index is 4.47. The van der Waals surface area contributed by atoms with Gasteiger partial charge in [-0.1, -0.05) is 109 Å². The van der Waals surface area contributed by atoms with Crippen molar-refractivity contribution in [1.29, 1.82) is 0 Å². The van der Waals surface area contributed by atoms with E-state index >= 15 is 0 Å². The second-order valence-corrected chi connectivity index (χ2v) is 9.51. The molecule has 166 valence electrons. The van der Waals surface area contributed by atoms with Gasteiger partial charge in [0.1, 0.15) is 0 Å². The summed E-state index contributed by atoms with van der Waals surface area (Å²) in [6.45, 7) is 0. The van der Waals surface area contributed by atoms with Crippen molar-refractivity contribution in [2.24, 2.45) is 10.2 Å². The van der Waals surface area contributed by atoms with Gasteiger partial charge in [-0.15, -0.1) is 0 Å². The molecule has 0 saturated carbocycles. The van der Waals surface area contributed by atoms with Crippen LogP contribution < -0.4 is 0 Å². The van der Waals surface area contributed by atoms with Crippen LogP contribution >= 0.6 is 0 Å². The first-order valence-electron chi connectivity index (χ1n) is 12.2. The van der Waals surface area contributed by atoms with Gasteiger partial charge in [0, 0.05) is 11.1 Å². The summed E-state index contributed by atoms with van der Waals surface area (Å²) >= 11 is 0. The van der Waals surface area contributed by atoms with E-state index in [9.17, 15) is 0 Å². The Kier molecular flexibility index (Phi) is 3.97. The van der Waals surface area contributed by atoms with E-state index in [4.69, 9.17) is 0 Å². The molecule has 8 aromatic carbocycles. The first-order valence-corrected chi connectivity index (χ1v) is 12.2. The summed E-state index contributed by atoms with van der Waals surface area (Å²) in [6.07, 6.45) is 3.75. The van der Waals surface area contributed by atoms with E-state index in [1.165, 1.54) is 64.6 Å². The molecule has 0 amide bonds. The predicted molar refractivity (Wildman–Crippen MR) is 155 cm³/mol. The predicted octanol–water partition coefficient (Wildman–Crippen LogP) is 8.93. The maximum Gasteiger partial charge on any atom is 0.0574 e. The molecule has 2 nitrogen and oxygen atoms in total. The third-order valence-corrected chi connectivity index (χ3v) is 7.59. The molecule has 0 unspecified atom stereocenters. The van der Waals surface area contributed by atoms with Crippen LogP contribution in [0.1, 0.15) is 11.1 Å². The van der Waals surface area contributed by atoms with Crippen molar-refractivity contribution >= 4 is 77.1 Å². The lowest BCUT2D eigenvalue weighted by atomic mass is 9.92. The summed E-state index contributed by atoms with van der Waals surface area (Å²) in [6, 6.07) is 39.3. The van der Waals surface area contributed by atoms with E-state index < -0.39 is 0 Å². The number of hydrogen-bond donors (Lipinski definition) is 0. The highest BCUT2D eigenvalue weighted by Gasteiger charge is 2.11. The lowest BCUT2D eigenvalue weighted by Crippen LogP contribution is -1.90. The Hall–Kier alpha value is -4.82. The molecule has 0 saturated heterocycles. The van der Waals surface area contributed by atoms with Crippen LogP contribution in [0.2, 0.25) is 0 Å². The van der Waals surface area contributed by atoms with E-state index in [1.807, 2.05) is 12.4 Å². The van der Waals surface area contributed by atoms with Gasteiger partial charge in [0.2, 0.25) is 0 Å². The van der Waals surface area contributed by atoms with Gasteiger partial charge in [0.05, 0.1) is 12.4 Å². The molecule has 0 atom stereocenters. The third-order valence-electron chi connectivity index (χ3n) is 7.59. The summed E-state index contributed by atoms with van der Waals surface area (Å²) in [4.78, 5) is 0. The number of hydrogen-bond acceptors (Lipinski definition) is 2. The number of rotatable bonds is 3. The first kappa shape index (κ1) is 19.5. The molecule has 36 heavy (non-hydrogen) atoms. The van der Waals surface area contributed by atoms with Crippen LogP contribution in [0.25, 0.3) is 64.6 Å². The van der Waals surface area contributed by atoms with E-state index in [0.717, 1.165) is 11.1 Å². The van der Waals surface area contributed by atoms with Crippen molar-refractivity contribution in [3.05, 3.63) is 120 Å². The Morgan fingerprint density at radius 2 is 0.667 bits per heavy atom. The van der Waals surface area contributed by atoms with Crippen LogP contribution in [-0.2, 0) is 0 Å². The molecule has 8 rings (SSSR count). The standard InChI is InChI=1S/C34H20N2/c1-3-21-7-9-25-11-13-27(29-17-15-23(5-1)31(21)33(25)29)19-35-36-20-28-14-12-26-10-8-22-4-2-6-24-16-18-30(28)34(26)32(22)24/h1-20H. The lowest BCUT2D eigenvalue weighted by molar-refractivity contribution is 1.27. The molecule has 0 aliphatic heterocycles. The summed E-state index contributed by atoms with van der Waals surface area (Å²) < 4.78 is 0. The van der Waals surface area contributed by atoms with Crippen LogP contribution in [0.3, 0.4) is 0 Å². The van der Waals surface area contributed by atoms with Crippen LogP contribution in [0, 0.1) is 0 Å². The Balaban J connectivity index is 1.23. The molecule has 0 bridgehead atoms. The molecule has 0 heterocycles. The highest BCUT2D eigenvalue weighted by molar-refractivity contribution is 6.26. The average Bonchev–Trinajstić information content (AvgIpc) is 2.93. The minimum absolute atomic E-state index is 1.08.